The van der Waals surface area contributed by atoms with E-state index < -0.39 is 9.84 Å². The molecule has 0 aliphatic carbocycles. The first-order valence-electron chi connectivity index (χ1n) is 12.0. The van der Waals surface area contributed by atoms with Crippen LogP contribution in [0.3, 0.4) is 0 Å². The van der Waals surface area contributed by atoms with Crippen molar-refractivity contribution in [1.29, 1.82) is 0 Å². The maximum absolute atomic E-state index is 11.8. The minimum atomic E-state index is -3.00. The lowest BCUT2D eigenvalue weighted by molar-refractivity contribution is 0.342. The molecule has 2 atom stereocenters. The highest BCUT2D eigenvalue weighted by atomic mass is 32.2. The van der Waals surface area contributed by atoms with Crippen LogP contribution in [-0.4, -0.2) is 52.9 Å². The number of benzene rings is 1. The average molecular weight is 523 g/mol. The molecule has 10 heteroatoms. The Kier molecular flexibility index (Phi) is 6.42. The Bertz CT molecular complexity index is 1530. The molecule has 1 aliphatic heterocycles. The highest BCUT2D eigenvalue weighted by Gasteiger charge is 2.38. The van der Waals surface area contributed by atoms with Crippen LogP contribution in [0.15, 0.2) is 42.9 Å². The van der Waals surface area contributed by atoms with Crippen LogP contribution in [0, 0.1) is 12.8 Å². The molecule has 1 N–H and O–H groups in total. The minimum Gasteiger partial charge on any atom is -0.368 e. The van der Waals surface area contributed by atoms with E-state index in [1.54, 1.807) is 23.7 Å². The summed E-state index contributed by atoms with van der Waals surface area (Å²) in [6.07, 6.45) is 6.74. The van der Waals surface area contributed by atoms with Gasteiger partial charge >= 0.3 is 0 Å². The van der Waals surface area contributed by atoms with E-state index in [0.717, 1.165) is 32.9 Å². The van der Waals surface area contributed by atoms with Gasteiger partial charge in [-0.15, -0.1) is 11.3 Å². The van der Waals surface area contributed by atoms with Crippen molar-refractivity contribution in [2.75, 3.05) is 28.8 Å². The number of nitrogens with one attached hydrogen (secondary N) is 1. The van der Waals surface area contributed by atoms with E-state index >= 15 is 0 Å². The molecule has 4 aromatic rings. The van der Waals surface area contributed by atoms with Crippen LogP contribution in [0.1, 0.15) is 37.3 Å². The number of aromatic nitrogens is 4. The molecule has 188 valence electrons. The molecule has 0 amide bonds. The summed E-state index contributed by atoms with van der Waals surface area (Å²) >= 11 is 1.56. The van der Waals surface area contributed by atoms with Gasteiger partial charge < -0.3 is 10.2 Å². The molecule has 0 spiro atoms. The lowest BCUT2D eigenvalue weighted by Crippen LogP contribution is -2.57. The maximum atomic E-state index is 11.8. The fourth-order valence-corrected chi connectivity index (χ4v) is 6.68. The third-order valence-corrected chi connectivity index (χ3v) is 8.66. The molecule has 0 bridgehead atoms. The molecule has 1 aromatic carbocycles. The summed E-state index contributed by atoms with van der Waals surface area (Å²) in [6.45, 7) is 9.16. The van der Waals surface area contributed by atoms with E-state index in [9.17, 15) is 8.42 Å². The molecule has 1 aliphatic rings. The molecule has 4 heterocycles. The van der Waals surface area contributed by atoms with Crippen molar-refractivity contribution in [2.45, 2.75) is 39.7 Å². The number of fused-ring (bicyclic) bond motifs is 1. The molecule has 36 heavy (non-hydrogen) atoms. The normalized spacial score (nSPS) is 18.0. The molecule has 1 fully saturated rings. The van der Waals surface area contributed by atoms with E-state index in [1.165, 1.54) is 11.8 Å². The quantitative estimate of drug-likeness (QED) is 0.354. The summed E-state index contributed by atoms with van der Waals surface area (Å²) < 4.78 is 23.6. The average Bonchev–Trinajstić information content (AvgIpc) is 3.26. The first kappa shape index (κ1) is 24.6. The monoisotopic (exact) mass is 522 g/mol. The van der Waals surface area contributed by atoms with Crippen LogP contribution in [0.2, 0.25) is 0 Å². The van der Waals surface area contributed by atoms with Crippen molar-refractivity contribution in [3.05, 3.63) is 53.4 Å². The number of anilines is 3. The molecule has 0 radical (unpaired) electrons. The van der Waals surface area contributed by atoms with Crippen molar-refractivity contribution in [1.82, 2.24) is 19.9 Å². The topological polar surface area (TPSA) is 101 Å². The van der Waals surface area contributed by atoms with E-state index in [2.05, 4.69) is 64.1 Å². The fraction of sp³-hybridized carbons (Fsp3) is 0.385. The first-order chi connectivity index (χ1) is 17.1. The number of hydrogen-bond donors (Lipinski definition) is 1. The zero-order chi connectivity index (χ0) is 25.6. The smallest absolute Gasteiger partial charge is 0.173 e. The van der Waals surface area contributed by atoms with Gasteiger partial charge in [-0.3, -0.25) is 0 Å². The lowest BCUT2D eigenvalue weighted by atomic mass is 9.88. The number of nitrogens with zero attached hydrogens (tertiary/aromatic N) is 5. The van der Waals surface area contributed by atoms with E-state index in [4.69, 9.17) is 4.98 Å². The van der Waals surface area contributed by atoms with Gasteiger partial charge in [-0.25, -0.2) is 28.4 Å². The predicted octanol–water partition coefficient (Wildman–Crippen LogP) is 5.19. The molecule has 8 nitrogen and oxygen atoms in total. The zero-order valence-corrected chi connectivity index (χ0v) is 22.7. The van der Waals surface area contributed by atoms with Gasteiger partial charge in [0.25, 0.3) is 0 Å². The van der Waals surface area contributed by atoms with Crippen molar-refractivity contribution in [3.8, 4) is 10.7 Å². The largest absolute Gasteiger partial charge is 0.368 e. The van der Waals surface area contributed by atoms with Gasteiger partial charge in [0, 0.05) is 54.4 Å². The van der Waals surface area contributed by atoms with E-state index in [1.807, 2.05) is 19.2 Å². The molecule has 1 saturated heterocycles. The van der Waals surface area contributed by atoms with Gasteiger partial charge in [0.2, 0.25) is 0 Å². The van der Waals surface area contributed by atoms with Crippen LogP contribution in [-0.2, 0) is 9.84 Å². The summed E-state index contributed by atoms with van der Waals surface area (Å²) in [4.78, 5) is 21.3. The predicted molar refractivity (Wildman–Crippen MR) is 147 cm³/mol. The molecule has 3 aromatic heterocycles. The number of rotatable bonds is 7. The Labute approximate surface area is 215 Å². The Hall–Kier alpha value is -3.11. The summed E-state index contributed by atoms with van der Waals surface area (Å²) in [5.41, 5.74) is 2.33. The van der Waals surface area contributed by atoms with Crippen LogP contribution in [0.25, 0.3) is 21.5 Å². The maximum Gasteiger partial charge on any atom is 0.173 e. The standard InChI is InChI=1S/C26H30N6O2S2/c1-15(2)19-6-7-22(32-13-18(16(32)3)14-36(5,33)34)21-11-29-25(10-20(19)21)30-24-8-9-27-26(31-24)23-12-28-17(4)35-23/h6-12,15-16,18H,13-14H2,1-5H3,(H,27,29,30,31)/t16-,18+/m0/s1. The Morgan fingerprint density at radius 2 is 1.92 bits per heavy atom. The van der Waals surface area contributed by atoms with Gasteiger partial charge in [-0.1, -0.05) is 19.9 Å². The minimum absolute atomic E-state index is 0.142. The van der Waals surface area contributed by atoms with Crippen molar-refractivity contribution in [3.63, 3.8) is 0 Å². The van der Waals surface area contributed by atoms with Crippen molar-refractivity contribution in [2.24, 2.45) is 5.92 Å². The van der Waals surface area contributed by atoms with Crippen LogP contribution >= 0.6 is 11.3 Å². The van der Waals surface area contributed by atoms with Crippen LogP contribution in [0.4, 0.5) is 17.3 Å². The van der Waals surface area contributed by atoms with E-state index in [0.29, 0.717) is 23.4 Å². The molecular formula is C26H30N6O2S2. The van der Waals surface area contributed by atoms with Crippen LogP contribution < -0.4 is 10.2 Å². The Morgan fingerprint density at radius 3 is 2.58 bits per heavy atom. The lowest BCUT2D eigenvalue weighted by Gasteiger charge is -2.48. The number of pyridine rings is 1. The molecular weight excluding hydrogens is 492 g/mol. The zero-order valence-electron chi connectivity index (χ0n) is 21.1. The highest BCUT2D eigenvalue weighted by Crippen LogP contribution is 2.39. The van der Waals surface area contributed by atoms with Crippen LogP contribution in [0.5, 0.6) is 0 Å². The van der Waals surface area contributed by atoms with Crippen molar-refractivity contribution >= 4 is 49.3 Å². The number of hydrogen-bond acceptors (Lipinski definition) is 9. The summed E-state index contributed by atoms with van der Waals surface area (Å²) in [7, 11) is -3.00. The summed E-state index contributed by atoms with van der Waals surface area (Å²) in [5, 5.41) is 6.51. The van der Waals surface area contributed by atoms with Gasteiger partial charge in [-0.05, 0) is 48.9 Å². The van der Waals surface area contributed by atoms with Gasteiger partial charge in [0.15, 0.2) is 5.82 Å². The number of aryl methyl sites for hydroxylation is 1. The molecule has 0 saturated carbocycles. The summed E-state index contributed by atoms with van der Waals surface area (Å²) in [6, 6.07) is 8.38. The Morgan fingerprint density at radius 1 is 1.11 bits per heavy atom. The summed E-state index contributed by atoms with van der Waals surface area (Å²) in [5.74, 6) is 2.71. The first-order valence-corrected chi connectivity index (χ1v) is 14.9. The Balaban J connectivity index is 1.46. The fourth-order valence-electron chi connectivity index (χ4n) is 4.80. The second kappa shape index (κ2) is 9.40. The van der Waals surface area contributed by atoms with Gasteiger partial charge in [0.1, 0.15) is 21.5 Å². The second-order valence-electron chi connectivity index (χ2n) is 9.82. The van der Waals surface area contributed by atoms with E-state index in [-0.39, 0.29) is 17.7 Å². The number of sulfone groups is 1. The van der Waals surface area contributed by atoms with Gasteiger partial charge in [-0.2, -0.15) is 0 Å². The third-order valence-electron chi connectivity index (χ3n) is 6.72. The molecule has 5 rings (SSSR count). The second-order valence-corrected chi connectivity index (χ2v) is 13.2. The number of thiazole rings is 1. The third kappa shape index (κ3) is 4.92. The highest BCUT2D eigenvalue weighted by molar-refractivity contribution is 7.90. The van der Waals surface area contributed by atoms with Crippen molar-refractivity contribution < 1.29 is 8.42 Å². The van der Waals surface area contributed by atoms with Gasteiger partial charge in [0.05, 0.1) is 15.6 Å². The molecule has 0 unspecified atom stereocenters. The SMILES string of the molecule is Cc1ncc(-c2nccc(Nc3cc4c(C(C)C)ccc(N5C[C@H](CS(C)(=O)=O)[C@@H]5C)c4cn3)n2)s1.